The van der Waals surface area contributed by atoms with Crippen molar-refractivity contribution < 1.29 is 19.4 Å². The second-order valence-corrected chi connectivity index (χ2v) is 7.10. The van der Waals surface area contributed by atoms with Gasteiger partial charge in [-0.1, -0.05) is 24.3 Å². The number of nitrogens with one attached hydrogen (secondary N) is 1. The van der Waals surface area contributed by atoms with Gasteiger partial charge >= 0.3 is 11.7 Å². The van der Waals surface area contributed by atoms with Crippen LogP contribution in [0.4, 0.5) is 0 Å². The molecule has 0 fully saturated rings. The van der Waals surface area contributed by atoms with Gasteiger partial charge in [0.2, 0.25) is 5.91 Å². The number of rotatable bonds is 7. The highest BCUT2D eigenvalue weighted by Gasteiger charge is 2.32. The molecule has 1 aromatic heterocycles. The summed E-state index contributed by atoms with van der Waals surface area (Å²) in [5, 5.41) is 12.2. The SMILES string of the molecule is COc1cccc(C(C)(CC(=O)O)NC(=O)Cn2c(=O)n(C)c3ccccc32)c1. The molecule has 8 nitrogen and oxygen atoms in total. The molecule has 29 heavy (non-hydrogen) atoms. The Morgan fingerprint density at radius 2 is 1.83 bits per heavy atom. The van der Waals surface area contributed by atoms with E-state index in [4.69, 9.17) is 4.74 Å². The lowest BCUT2D eigenvalue weighted by molar-refractivity contribution is -0.139. The number of ether oxygens (including phenoxy) is 1. The maximum absolute atomic E-state index is 12.8. The molecular formula is C21H23N3O5. The van der Waals surface area contributed by atoms with Crippen LogP contribution in [-0.4, -0.2) is 33.2 Å². The van der Waals surface area contributed by atoms with Gasteiger partial charge in [-0.2, -0.15) is 0 Å². The summed E-state index contributed by atoms with van der Waals surface area (Å²) in [6, 6.07) is 14.1. The highest BCUT2D eigenvalue weighted by molar-refractivity contribution is 5.82. The minimum absolute atomic E-state index is 0.223. The van der Waals surface area contributed by atoms with E-state index in [2.05, 4.69) is 5.32 Å². The van der Waals surface area contributed by atoms with Gasteiger partial charge < -0.3 is 15.2 Å². The number of hydrogen-bond donors (Lipinski definition) is 2. The van der Waals surface area contributed by atoms with E-state index in [0.717, 1.165) is 0 Å². The normalized spacial score (nSPS) is 13.1. The van der Waals surface area contributed by atoms with Gasteiger partial charge in [0.15, 0.2) is 0 Å². The first-order valence-electron chi connectivity index (χ1n) is 9.07. The molecule has 1 atom stereocenters. The standard InChI is InChI=1S/C21H23N3O5/c1-21(12-19(26)27,14-7-6-8-15(11-14)29-3)22-18(25)13-24-17-10-5-4-9-16(17)23(2)20(24)28/h4-11H,12-13H2,1-3H3,(H,22,25)(H,26,27). The maximum Gasteiger partial charge on any atom is 0.329 e. The Hall–Kier alpha value is -3.55. The average Bonchev–Trinajstić information content (AvgIpc) is 2.92. The van der Waals surface area contributed by atoms with Gasteiger partial charge in [0.1, 0.15) is 12.3 Å². The minimum Gasteiger partial charge on any atom is -0.497 e. The minimum atomic E-state index is -1.17. The van der Waals surface area contributed by atoms with Crippen LogP contribution in [0.25, 0.3) is 11.0 Å². The number of methoxy groups -OCH3 is 1. The van der Waals surface area contributed by atoms with Crippen molar-refractivity contribution in [3.8, 4) is 5.75 Å². The number of amides is 1. The largest absolute Gasteiger partial charge is 0.497 e. The fourth-order valence-electron chi connectivity index (χ4n) is 3.49. The number of imidazole rings is 1. The molecule has 0 saturated carbocycles. The van der Waals surface area contributed by atoms with Gasteiger partial charge in [-0.15, -0.1) is 0 Å². The van der Waals surface area contributed by atoms with Gasteiger partial charge in [-0.3, -0.25) is 18.7 Å². The van der Waals surface area contributed by atoms with Crippen LogP contribution in [0.5, 0.6) is 5.75 Å². The number of nitrogens with zero attached hydrogens (tertiary/aromatic N) is 2. The predicted molar refractivity (Wildman–Crippen MR) is 108 cm³/mol. The molecule has 3 rings (SSSR count). The van der Waals surface area contributed by atoms with Crippen molar-refractivity contribution in [2.24, 2.45) is 7.05 Å². The zero-order chi connectivity index (χ0) is 21.2. The summed E-state index contributed by atoms with van der Waals surface area (Å²) in [4.78, 5) is 36.9. The van der Waals surface area contributed by atoms with Crippen LogP contribution in [-0.2, 0) is 28.7 Å². The highest BCUT2D eigenvalue weighted by Crippen LogP contribution is 2.28. The monoisotopic (exact) mass is 397 g/mol. The molecule has 0 aliphatic rings. The third-order valence-corrected chi connectivity index (χ3v) is 4.98. The van der Waals surface area contributed by atoms with Gasteiger partial charge in [-0.05, 0) is 36.8 Å². The van der Waals surface area contributed by atoms with Crippen LogP contribution in [0.15, 0.2) is 53.3 Å². The number of aliphatic carboxylic acids is 1. The number of carboxylic acids is 1. The molecule has 0 spiro atoms. The van der Waals surface area contributed by atoms with E-state index < -0.39 is 17.4 Å². The molecule has 0 aliphatic heterocycles. The van der Waals surface area contributed by atoms with Gasteiger partial charge in [-0.25, -0.2) is 4.79 Å². The summed E-state index contributed by atoms with van der Waals surface area (Å²) in [5.41, 5.74) is 0.453. The van der Waals surface area contributed by atoms with Gasteiger partial charge in [0.25, 0.3) is 0 Å². The summed E-state index contributed by atoms with van der Waals surface area (Å²) in [7, 11) is 3.16. The molecule has 1 heterocycles. The molecule has 2 N–H and O–H groups in total. The van der Waals surface area contributed by atoms with Crippen LogP contribution in [0.1, 0.15) is 18.9 Å². The van der Waals surface area contributed by atoms with E-state index in [9.17, 15) is 19.5 Å². The molecule has 152 valence electrons. The summed E-state index contributed by atoms with van der Waals surface area (Å²) in [6.07, 6.45) is -0.323. The van der Waals surface area contributed by atoms with Crippen molar-refractivity contribution in [2.45, 2.75) is 25.4 Å². The maximum atomic E-state index is 12.8. The van der Waals surface area contributed by atoms with Crippen LogP contribution < -0.4 is 15.7 Å². The Morgan fingerprint density at radius 1 is 1.14 bits per heavy atom. The number of hydrogen-bond acceptors (Lipinski definition) is 4. The van der Waals surface area contributed by atoms with Crippen molar-refractivity contribution in [1.29, 1.82) is 0 Å². The number of aryl methyl sites for hydroxylation is 1. The Kier molecular flexibility index (Phi) is 5.45. The average molecular weight is 397 g/mol. The first-order chi connectivity index (χ1) is 13.7. The number of carbonyl (C=O) groups excluding carboxylic acids is 1. The second kappa shape index (κ2) is 7.83. The Balaban J connectivity index is 1.93. The number of fused-ring (bicyclic) bond motifs is 1. The molecule has 0 bridgehead atoms. The Labute approximate surface area is 167 Å². The first-order valence-corrected chi connectivity index (χ1v) is 9.07. The van der Waals surface area contributed by atoms with Crippen molar-refractivity contribution >= 4 is 22.9 Å². The predicted octanol–water partition coefficient (Wildman–Crippen LogP) is 1.85. The molecular weight excluding hydrogens is 374 g/mol. The second-order valence-electron chi connectivity index (χ2n) is 7.10. The van der Waals surface area contributed by atoms with E-state index in [1.807, 2.05) is 6.07 Å². The highest BCUT2D eigenvalue weighted by atomic mass is 16.5. The zero-order valence-corrected chi connectivity index (χ0v) is 16.5. The molecule has 0 radical (unpaired) electrons. The third-order valence-electron chi connectivity index (χ3n) is 4.98. The molecule has 1 amide bonds. The molecule has 2 aromatic carbocycles. The quantitative estimate of drug-likeness (QED) is 0.633. The van der Waals surface area contributed by atoms with E-state index in [0.29, 0.717) is 22.3 Å². The van der Waals surface area contributed by atoms with E-state index in [1.54, 1.807) is 56.4 Å². The third kappa shape index (κ3) is 4.01. The van der Waals surface area contributed by atoms with Crippen molar-refractivity contribution in [2.75, 3.05) is 7.11 Å². The van der Waals surface area contributed by atoms with Crippen LogP contribution in [0.2, 0.25) is 0 Å². The van der Waals surface area contributed by atoms with Crippen molar-refractivity contribution in [3.05, 3.63) is 64.6 Å². The summed E-state index contributed by atoms with van der Waals surface area (Å²) >= 11 is 0. The van der Waals surface area contributed by atoms with E-state index >= 15 is 0 Å². The summed E-state index contributed by atoms with van der Waals surface area (Å²) < 4.78 is 8.06. The Bertz CT molecular complexity index is 1130. The van der Waals surface area contributed by atoms with E-state index in [-0.39, 0.29) is 18.7 Å². The lowest BCUT2D eigenvalue weighted by atomic mass is 9.88. The van der Waals surface area contributed by atoms with Crippen LogP contribution in [0.3, 0.4) is 0 Å². The lowest BCUT2D eigenvalue weighted by Gasteiger charge is -2.30. The summed E-state index contributed by atoms with van der Waals surface area (Å²) in [5.74, 6) is -0.966. The zero-order valence-electron chi connectivity index (χ0n) is 16.5. The van der Waals surface area contributed by atoms with Gasteiger partial charge in [0.05, 0.1) is 30.1 Å². The van der Waals surface area contributed by atoms with Crippen molar-refractivity contribution in [1.82, 2.24) is 14.5 Å². The molecule has 8 heteroatoms. The smallest absolute Gasteiger partial charge is 0.329 e. The van der Waals surface area contributed by atoms with Gasteiger partial charge in [0, 0.05) is 7.05 Å². The number of carbonyl (C=O) groups is 2. The summed E-state index contributed by atoms with van der Waals surface area (Å²) in [6.45, 7) is 1.42. The molecule has 3 aromatic rings. The van der Waals surface area contributed by atoms with Crippen molar-refractivity contribution in [3.63, 3.8) is 0 Å². The number of para-hydroxylation sites is 2. The van der Waals surface area contributed by atoms with Crippen LogP contribution in [0, 0.1) is 0 Å². The Morgan fingerprint density at radius 3 is 2.48 bits per heavy atom. The number of benzene rings is 2. The van der Waals surface area contributed by atoms with E-state index in [1.165, 1.54) is 16.2 Å². The number of carboxylic acid groups (broad SMARTS) is 1. The lowest BCUT2D eigenvalue weighted by Crippen LogP contribution is -2.47. The molecule has 1 unspecified atom stereocenters. The fraction of sp³-hybridized carbons (Fsp3) is 0.286. The topological polar surface area (TPSA) is 103 Å². The first kappa shape index (κ1) is 20.2. The number of aromatic nitrogens is 2. The molecule has 0 aliphatic carbocycles. The molecule has 0 saturated heterocycles. The fourth-order valence-corrected chi connectivity index (χ4v) is 3.49. The van der Waals surface area contributed by atoms with Crippen LogP contribution >= 0.6 is 0 Å².